The summed E-state index contributed by atoms with van der Waals surface area (Å²) in [6.07, 6.45) is 6.54. The average molecular weight is 607 g/mol. The Labute approximate surface area is 250 Å². The second-order valence-corrected chi connectivity index (χ2v) is 11.3. The van der Waals surface area contributed by atoms with E-state index in [1.165, 1.54) is 18.2 Å². The molecule has 4 rings (SSSR count). The minimum Gasteiger partial charge on any atom is -0.491 e. The summed E-state index contributed by atoms with van der Waals surface area (Å²) in [7, 11) is 0. The van der Waals surface area contributed by atoms with Crippen molar-refractivity contribution in [2.45, 2.75) is 96.3 Å². The van der Waals surface area contributed by atoms with Gasteiger partial charge in [0, 0.05) is 0 Å². The number of rotatable bonds is 14. The maximum atomic E-state index is 15.2. The minimum absolute atomic E-state index is 0.118. The van der Waals surface area contributed by atoms with E-state index >= 15 is 8.78 Å². The van der Waals surface area contributed by atoms with Crippen molar-refractivity contribution < 1.29 is 35.8 Å². The molecule has 1 aliphatic carbocycles. The van der Waals surface area contributed by atoms with E-state index in [9.17, 15) is 17.6 Å². The molecule has 3 aromatic rings. The number of ether oxygens (including phenoxy) is 2. The number of halogens is 6. The quantitative estimate of drug-likeness (QED) is 0.134. The molecule has 0 bridgehead atoms. The van der Waals surface area contributed by atoms with E-state index < -0.39 is 34.9 Å². The van der Waals surface area contributed by atoms with Gasteiger partial charge in [0.05, 0.1) is 13.2 Å². The summed E-state index contributed by atoms with van der Waals surface area (Å²) in [5, 5.41) is 0. The second-order valence-electron chi connectivity index (χ2n) is 11.3. The molecule has 3 aromatic carbocycles. The third-order valence-electron chi connectivity index (χ3n) is 8.45. The largest absolute Gasteiger partial charge is 0.491 e. The van der Waals surface area contributed by atoms with Crippen LogP contribution >= 0.6 is 0 Å². The van der Waals surface area contributed by atoms with Crippen molar-refractivity contribution >= 4 is 0 Å². The molecular formula is C35H40F6O2. The highest BCUT2D eigenvalue weighted by Crippen LogP contribution is 2.43. The van der Waals surface area contributed by atoms with E-state index in [0.717, 1.165) is 25.7 Å². The van der Waals surface area contributed by atoms with Gasteiger partial charge in [-0.15, -0.1) is 0 Å². The monoisotopic (exact) mass is 606 g/mol. The molecule has 1 saturated carbocycles. The number of unbranched alkanes of at least 4 members (excludes halogenated alkanes) is 3. The lowest BCUT2D eigenvalue weighted by Crippen LogP contribution is -2.16. The van der Waals surface area contributed by atoms with Crippen molar-refractivity contribution in [3.05, 3.63) is 93.6 Å². The van der Waals surface area contributed by atoms with Crippen LogP contribution in [0.1, 0.15) is 106 Å². The Kier molecular flexibility index (Phi) is 11.8. The van der Waals surface area contributed by atoms with Gasteiger partial charge in [-0.3, -0.25) is 0 Å². The highest BCUT2D eigenvalue weighted by atomic mass is 19.2. The average Bonchev–Trinajstić information content (AvgIpc) is 3.01. The second kappa shape index (κ2) is 15.5. The molecule has 0 N–H and O–H groups in total. The third kappa shape index (κ3) is 7.87. The summed E-state index contributed by atoms with van der Waals surface area (Å²) in [5.74, 6) is -6.45. The van der Waals surface area contributed by atoms with Crippen LogP contribution in [0, 0.1) is 34.9 Å². The standard InChI is InChI=1S/C35H40F6O2/c1-3-5-6-7-21-43-29-19-16-25(31(37)34(29)40)10-8-9-24-15-17-26(32(38)30(24)36)22-11-13-23(14-12-22)27-18-20-28(42-4-2)35(41)33(27)39/h15-20,22-23H,3-14,21H2,1-2H3. The van der Waals surface area contributed by atoms with Crippen molar-refractivity contribution in [1.82, 2.24) is 0 Å². The molecule has 0 amide bonds. The molecular weight excluding hydrogens is 566 g/mol. The molecule has 2 nitrogen and oxygen atoms in total. The van der Waals surface area contributed by atoms with E-state index in [0.29, 0.717) is 38.7 Å². The lowest BCUT2D eigenvalue weighted by molar-refractivity contribution is 0.284. The van der Waals surface area contributed by atoms with Gasteiger partial charge in [-0.05, 0) is 105 Å². The number of aryl methyl sites for hydroxylation is 2. The molecule has 1 fully saturated rings. The topological polar surface area (TPSA) is 18.5 Å². The number of benzene rings is 3. The van der Waals surface area contributed by atoms with Gasteiger partial charge in [0.1, 0.15) is 0 Å². The fraction of sp³-hybridized carbons (Fsp3) is 0.486. The van der Waals surface area contributed by atoms with E-state index in [4.69, 9.17) is 9.47 Å². The van der Waals surface area contributed by atoms with E-state index in [-0.39, 0.29) is 65.0 Å². The summed E-state index contributed by atoms with van der Waals surface area (Å²) in [6, 6.07) is 9.00. The summed E-state index contributed by atoms with van der Waals surface area (Å²) in [6.45, 7) is 4.32. The molecule has 1 aliphatic rings. The van der Waals surface area contributed by atoms with Crippen LogP contribution < -0.4 is 9.47 Å². The smallest absolute Gasteiger partial charge is 0.200 e. The fourth-order valence-electron chi connectivity index (χ4n) is 6.01. The highest BCUT2D eigenvalue weighted by molar-refractivity contribution is 5.35. The molecule has 0 aromatic heterocycles. The van der Waals surface area contributed by atoms with Gasteiger partial charge < -0.3 is 9.47 Å². The maximum Gasteiger partial charge on any atom is 0.200 e. The predicted octanol–water partition coefficient (Wildman–Crippen LogP) is 10.5. The van der Waals surface area contributed by atoms with Crippen LogP contribution in [0.2, 0.25) is 0 Å². The van der Waals surface area contributed by atoms with Crippen molar-refractivity contribution in [2.75, 3.05) is 13.2 Å². The van der Waals surface area contributed by atoms with E-state index in [1.54, 1.807) is 25.1 Å². The summed E-state index contributed by atoms with van der Waals surface area (Å²) in [4.78, 5) is 0. The van der Waals surface area contributed by atoms with Gasteiger partial charge in [0.15, 0.2) is 34.8 Å². The Morgan fingerprint density at radius 1 is 0.535 bits per heavy atom. The van der Waals surface area contributed by atoms with Crippen molar-refractivity contribution in [3.63, 3.8) is 0 Å². The van der Waals surface area contributed by atoms with Gasteiger partial charge >= 0.3 is 0 Å². The lowest BCUT2D eigenvalue weighted by Gasteiger charge is -2.30. The molecule has 0 radical (unpaired) electrons. The summed E-state index contributed by atoms with van der Waals surface area (Å²) in [5.41, 5.74) is 0.891. The zero-order chi connectivity index (χ0) is 30.9. The van der Waals surface area contributed by atoms with Gasteiger partial charge in [-0.1, -0.05) is 50.5 Å². The summed E-state index contributed by atoms with van der Waals surface area (Å²) < 4.78 is 98.9. The first-order chi connectivity index (χ1) is 20.8. The van der Waals surface area contributed by atoms with Crippen LogP contribution in [0.4, 0.5) is 26.3 Å². The molecule has 0 aliphatic heterocycles. The van der Waals surface area contributed by atoms with E-state index in [2.05, 4.69) is 6.92 Å². The van der Waals surface area contributed by atoms with Crippen LogP contribution in [0.5, 0.6) is 11.5 Å². The van der Waals surface area contributed by atoms with Gasteiger partial charge in [0.25, 0.3) is 0 Å². The molecule has 234 valence electrons. The Hall–Kier alpha value is -3.16. The zero-order valence-electron chi connectivity index (χ0n) is 24.9. The molecule has 0 saturated heterocycles. The van der Waals surface area contributed by atoms with Crippen LogP contribution in [0.15, 0.2) is 36.4 Å². The van der Waals surface area contributed by atoms with Gasteiger partial charge in [0.2, 0.25) is 11.6 Å². The molecule has 8 heteroatoms. The van der Waals surface area contributed by atoms with Gasteiger partial charge in [-0.25, -0.2) is 17.6 Å². The summed E-state index contributed by atoms with van der Waals surface area (Å²) >= 11 is 0. The van der Waals surface area contributed by atoms with Crippen LogP contribution in [0.3, 0.4) is 0 Å². The molecule has 0 unspecified atom stereocenters. The van der Waals surface area contributed by atoms with Crippen LogP contribution in [0.25, 0.3) is 0 Å². The predicted molar refractivity (Wildman–Crippen MR) is 156 cm³/mol. The van der Waals surface area contributed by atoms with Crippen molar-refractivity contribution in [1.29, 1.82) is 0 Å². The Balaban J connectivity index is 1.32. The lowest BCUT2D eigenvalue weighted by atomic mass is 9.75. The normalized spacial score (nSPS) is 16.8. The number of hydrogen-bond donors (Lipinski definition) is 0. The Morgan fingerprint density at radius 3 is 1.63 bits per heavy atom. The Morgan fingerprint density at radius 2 is 1.02 bits per heavy atom. The van der Waals surface area contributed by atoms with Crippen LogP contribution in [-0.4, -0.2) is 13.2 Å². The third-order valence-corrected chi connectivity index (χ3v) is 8.45. The number of hydrogen-bond acceptors (Lipinski definition) is 2. The van der Waals surface area contributed by atoms with Crippen LogP contribution in [-0.2, 0) is 12.8 Å². The molecule has 0 spiro atoms. The first kappa shape index (κ1) is 32.7. The molecule has 0 heterocycles. The molecule has 0 atom stereocenters. The zero-order valence-corrected chi connectivity index (χ0v) is 24.9. The minimum atomic E-state index is -1.03. The Bertz CT molecular complexity index is 1370. The fourth-order valence-corrected chi connectivity index (χ4v) is 6.01. The van der Waals surface area contributed by atoms with Crippen molar-refractivity contribution in [2.24, 2.45) is 0 Å². The SMILES string of the molecule is CCCCCCOc1ccc(CCCc2ccc(C3CCC(c4ccc(OCC)c(F)c4F)CC3)c(F)c2F)c(F)c1F. The van der Waals surface area contributed by atoms with E-state index in [1.807, 2.05) is 0 Å². The first-order valence-electron chi connectivity index (χ1n) is 15.4. The first-order valence-corrected chi connectivity index (χ1v) is 15.4. The molecule has 43 heavy (non-hydrogen) atoms. The van der Waals surface area contributed by atoms with Crippen molar-refractivity contribution in [3.8, 4) is 11.5 Å². The maximum absolute atomic E-state index is 15.2. The van der Waals surface area contributed by atoms with Gasteiger partial charge in [-0.2, -0.15) is 8.78 Å². The highest BCUT2D eigenvalue weighted by Gasteiger charge is 2.29.